The van der Waals surface area contributed by atoms with Gasteiger partial charge in [0.1, 0.15) is 5.82 Å². The Bertz CT molecular complexity index is 561. The molecule has 1 heterocycles. The van der Waals surface area contributed by atoms with Gasteiger partial charge in [0.25, 0.3) is 0 Å². The fourth-order valence-electron chi connectivity index (χ4n) is 3.11. The average molecular weight is 366 g/mol. The van der Waals surface area contributed by atoms with Crippen LogP contribution in [0.4, 0.5) is 0 Å². The van der Waals surface area contributed by atoms with Gasteiger partial charge in [0.15, 0.2) is 0 Å². The van der Waals surface area contributed by atoms with E-state index in [9.17, 15) is 0 Å². The van der Waals surface area contributed by atoms with E-state index in [1.165, 1.54) is 34.8 Å². The second kappa shape index (κ2) is 5.65. The topological polar surface area (TPSA) is 17.8 Å². The van der Waals surface area contributed by atoms with E-state index in [-0.39, 0.29) is 0 Å². The molecule has 0 aliphatic heterocycles. The van der Waals surface area contributed by atoms with Crippen molar-refractivity contribution in [3.63, 3.8) is 0 Å². The van der Waals surface area contributed by atoms with Gasteiger partial charge in [-0.05, 0) is 53.5 Å². The first-order chi connectivity index (χ1) is 9.24. The largest absolute Gasteiger partial charge is 0.328 e. The van der Waals surface area contributed by atoms with Crippen LogP contribution in [0.3, 0.4) is 0 Å². The fourth-order valence-corrected chi connectivity index (χ4v) is 3.66. The Labute approximate surface area is 128 Å². The Kier molecular flexibility index (Phi) is 3.91. The highest BCUT2D eigenvalue weighted by Crippen LogP contribution is 2.34. The van der Waals surface area contributed by atoms with E-state index in [0.717, 1.165) is 11.7 Å². The summed E-state index contributed by atoms with van der Waals surface area (Å²) in [6.07, 6.45) is 9.39. The lowest BCUT2D eigenvalue weighted by molar-refractivity contribution is 0.284. The summed E-state index contributed by atoms with van der Waals surface area (Å²) in [5.41, 5.74) is 1.23. The van der Waals surface area contributed by atoms with Gasteiger partial charge in [-0.2, -0.15) is 0 Å². The number of benzene rings is 1. The number of hydrogen-bond donors (Lipinski definition) is 0. The zero-order chi connectivity index (χ0) is 13.2. The molecule has 0 saturated heterocycles. The molecule has 3 rings (SSSR count). The Morgan fingerprint density at radius 1 is 1.32 bits per heavy atom. The molecule has 1 aromatic carbocycles. The Morgan fingerprint density at radius 3 is 3.00 bits per heavy atom. The summed E-state index contributed by atoms with van der Waals surface area (Å²) in [5, 5.41) is 0. The molecule has 0 bridgehead atoms. The molecule has 19 heavy (non-hydrogen) atoms. The van der Waals surface area contributed by atoms with Gasteiger partial charge in [-0.25, -0.2) is 4.98 Å². The van der Waals surface area contributed by atoms with E-state index in [2.05, 4.69) is 69.5 Å². The lowest BCUT2D eigenvalue weighted by atomic mass is 9.87. The SMILES string of the molecule is CC1CCCC(n2ccnc2-c2cccc(I)c2)C1. The predicted octanol–water partition coefficient (Wildman–Crippen LogP) is 4.91. The summed E-state index contributed by atoms with van der Waals surface area (Å²) in [6.45, 7) is 2.37. The fraction of sp³-hybridized carbons (Fsp3) is 0.438. The molecular weight excluding hydrogens is 347 g/mol. The first-order valence-corrected chi connectivity index (χ1v) is 8.10. The van der Waals surface area contributed by atoms with Crippen LogP contribution in [0.2, 0.25) is 0 Å². The Balaban J connectivity index is 1.94. The van der Waals surface area contributed by atoms with Gasteiger partial charge in [-0.3, -0.25) is 0 Å². The third kappa shape index (κ3) is 2.86. The van der Waals surface area contributed by atoms with Crippen molar-refractivity contribution < 1.29 is 0 Å². The van der Waals surface area contributed by atoms with Gasteiger partial charge in [-0.1, -0.05) is 31.9 Å². The Morgan fingerprint density at radius 2 is 2.21 bits per heavy atom. The normalized spacial score (nSPS) is 23.5. The quantitative estimate of drug-likeness (QED) is 0.691. The van der Waals surface area contributed by atoms with E-state index in [4.69, 9.17) is 0 Å². The lowest BCUT2D eigenvalue weighted by Gasteiger charge is -2.29. The minimum absolute atomic E-state index is 0.624. The number of nitrogens with zero attached hydrogens (tertiary/aromatic N) is 2. The van der Waals surface area contributed by atoms with Gasteiger partial charge in [0.2, 0.25) is 0 Å². The van der Waals surface area contributed by atoms with Crippen molar-refractivity contribution >= 4 is 22.6 Å². The molecule has 2 nitrogen and oxygen atoms in total. The first-order valence-electron chi connectivity index (χ1n) is 7.03. The summed E-state index contributed by atoms with van der Waals surface area (Å²) in [5.74, 6) is 1.96. The minimum atomic E-state index is 0.624. The first kappa shape index (κ1) is 13.2. The molecule has 2 unspecified atom stereocenters. The smallest absolute Gasteiger partial charge is 0.140 e. The highest BCUT2D eigenvalue weighted by Gasteiger charge is 2.22. The van der Waals surface area contributed by atoms with Crippen LogP contribution >= 0.6 is 22.6 Å². The summed E-state index contributed by atoms with van der Waals surface area (Å²) in [6, 6.07) is 9.23. The van der Waals surface area contributed by atoms with E-state index >= 15 is 0 Å². The standard InChI is InChI=1S/C16H19IN2/c1-12-4-2-7-15(10-12)19-9-8-18-16(19)13-5-3-6-14(17)11-13/h3,5-6,8-9,11-12,15H,2,4,7,10H2,1H3. The maximum Gasteiger partial charge on any atom is 0.140 e. The van der Waals surface area contributed by atoms with Gasteiger partial charge >= 0.3 is 0 Å². The summed E-state index contributed by atoms with van der Waals surface area (Å²) < 4.78 is 3.66. The van der Waals surface area contributed by atoms with Crippen molar-refractivity contribution in [3.8, 4) is 11.4 Å². The van der Waals surface area contributed by atoms with Crippen molar-refractivity contribution in [1.82, 2.24) is 9.55 Å². The summed E-state index contributed by atoms with van der Waals surface area (Å²) in [4.78, 5) is 4.59. The molecule has 100 valence electrons. The molecule has 3 heteroatoms. The summed E-state index contributed by atoms with van der Waals surface area (Å²) >= 11 is 2.36. The zero-order valence-electron chi connectivity index (χ0n) is 11.2. The number of rotatable bonds is 2. The van der Waals surface area contributed by atoms with Crippen LogP contribution in [0.15, 0.2) is 36.7 Å². The predicted molar refractivity (Wildman–Crippen MR) is 87.0 cm³/mol. The van der Waals surface area contributed by atoms with Crippen molar-refractivity contribution in [1.29, 1.82) is 0 Å². The van der Waals surface area contributed by atoms with Crippen LogP contribution in [-0.2, 0) is 0 Å². The van der Waals surface area contributed by atoms with E-state index in [1.807, 2.05) is 6.20 Å². The van der Waals surface area contributed by atoms with E-state index < -0.39 is 0 Å². The molecule has 0 amide bonds. The molecule has 1 fully saturated rings. The molecule has 1 aromatic heterocycles. The number of imidazole rings is 1. The van der Waals surface area contributed by atoms with Crippen molar-refractivity contribution in [2.75, 3.05) is 0 Å². The molecule has 2 atom stereocenters. The van der Waals surface area contributed by atoms with Crippen LogP contribution in [0, 0.1) is 9.49 Å². The molecular formula is C16H19IN2. The number of aromatic nitrogens is 2. The number of halogens is 1. The van der Waals surface area contributed by atoms with Crippen molar-refractivity contribution in [2.24, 2.45) is 5.92 Å². The lowest BCUT2D eigenvalue weighted by Crippen LogP contribution is -2.17. The maximum atomic E-state index is 4.59. The van der Waals surface area contributed by atoms with Crippen molar-refractivity contribution in [3.05, 3.63) is 40.2 Å². The van der Waals surface area contributed by atoms with E-state index in [1.54, 1.807) is 0 Å². The number of hydrogen-bond acceptors (Lipinski definition) is 1. The minimum Gasteiger partial charge on any atom is -0.328 e. The van der Waals surface area contributed by atoms with Crippen LogP contribution in [-0.4, -0.2) is 9.55 Å². The Hall–Kier alpha value is -0.840. The van der Waals surface area contributed by atoms with Gasteiger partial charge < -0.3 is 4.57 Å². The average Bonchev–Trinajstić information content (AvgIpc) is 2.88. The maximum absolute atomic E-state index is 4.59. The van der Waals surface area contributed by atoms with Crippen LogP contribution < -0.4 is 0 Å². The van der Waals surface area contributed by atoms with Crippen LogP contribution in [0.1, 0.15) is 38.6 Å². The van der Waals surface area contributed by atoms with Gasteiger partial charge in [0.05, 0.1) is 0 Å². The third-order valence-electron chi connectivity index (χ3n) is 4.05. The highest BCUT2D eigenvalue weighted by atomic mass is 127. The molecule has 1 aliphatic rings. The van der Waals surface area contributed by atoms with Crippen LogP contribution in [0.5, 0.6) is 0 Å². The van der Waals surface area contributed by atoms with E-state index in [0.29, 0.717) is 6.04 Å². The highest BCUT2D eigenvalue weighted by molar-refractivity contribution is 14.1. The molecule has 0 N–H and O–H groups in total. The molecule has 0 radical (unpaired) electrons. The molecule has 1 aliphatic carbocycles. The monoisotopic (exact) mass is 366 g/mol. The molecule has 0 spiro atoms. The van der Waals surface area contributed by atoms with Gasteiger partial charge in [-0.15, -0.1) is 0 Å². The van der Waals surface area contributed by atoms with Gasteiger partial charge in [0, 0.05) is 27.6 Å². The third-order valence-corrected chi connectivity index (χ3v) is 4.72. The summed E-state index contributed by atoms with van der Waals surface area (Å²) in [7, 11) is 0. The van der Waals surface area contributed by atoms with Crippen molar-refractivity contribution in [2.45, 2.75) is 38.6 Å². The molecule has 1 saturated carbocycles. The van der Waals surface area contributed by atoms with Crippen LogP contribution in [0.25, 0.3) is 11.4 Å². The molecule has 2 aromatic rings. The zero-order valence-corrected chi connectivity index (χ0v) is 13.4. The second-order valence-corrected chi connectivity index (χ2v) is 6.84. The second-order valence-electron chi connectivity index (χ2n) is 5.59.